The fourth-order valence-corrected chi connectivity index (χ4v) is 0.957. The highest BCUT2D eigenvalue weighted by Crippen LogP contribution is 2.20. The van der Waals surface area contributed by atoms with Crippen LogP contribution < -0.4 is 5.32 Å². The van der Waals surface area contributed by atoms with Crippen molar-refractivity contribution in [1.29, 1.82) is 0 Å². The first-order valence-corrected chi connectivity index (χ1v) is 3.50. The Morgan fingerprint density at radius 2 is 2.60 bits per heavy atom. The van der Waals surface area contributed by atoms with Crippen molar-refractivity contribution in [3.05, 3.63) is 24.0 Å². The molecule has 1 saturated heterocycles. The third-order valence-electron chi connectivity index (χ3n) is 1.56. The van der Waals surface area contributed by atoms with Crippen molar-refractivity contribution in [2.45, 2.75) is 6.42 Å². The minimum Gasteiger partial charge on any atom is -0.494 e. The van der Waals surface area contributed by atoms with Gasteiger partial charge in [0.25, 0.3) is 0 Å². The summed E-state index contributed by atoms with van der Waals surface area (Å²) in [5, 5.41) is 3.04. The van der Waals surface area contributed by atoms with Crippen LogP contribution in [0.2, 0.25) is 0 Å². The van der Waals surface area contributed by atoms with Crippen LogP contribution in [0.4, 0.5) is 0 Å². The van der Waals surface area contributed by atoms with Gasteiger partial charge in [-0.05, 0) is 12.6 Å². The van der Waals surface area contributed by atoms with Crippen molar-refractivity contribution in [2.24, 2.45) is 0 Å². The van der Waals surface area contributed by atoms with Gasteiger partial charge in [0.1, 0.15) is 5.76 Å². The lowest BCUT2D eigenvalue weighted by atomic mass is 10.2. The molecule has 0 aromatic heterocycles. The molecule has 0 spiro atoms. The quantitative estimate of drug-likeness (QED) is 0.617. The van der Waals surface area contributed by atoms with Crippen LogP contribution in [0.1, 0.15) is 6.42 Å². The zero-order chi connectivity index (χ0) is 7.40. The van der Waals surface area contributed by atoms with Crippen molar-refractivity contribution < 1.29 is 4.74 Å². The Kier molecular flexibility index (Phi) is 2.51. The van der Waals surface area contributed by atoms with Gasteiger partial charge in [0.2, 0.25) is 0 Å². The summed E-state index contributed by atoms with van der Waals surface area (Å²) in [6, 6.07) is 0. The highest BCUT2D eigenvalue weighted by molar-refractivity contribution is 5.26. The van der Waals surface area contributed by atoms with Crippen molar-refractivity contribution >= 4 is 0 Å². The normalized spacial score (nSPS) is 21.7. The molecule has 0 aromatic rings. The number of hydrogen-bond acceptors (Lipinski definition) is 2. The van der Waals surface area contributed by atoms with Crippen LogP contribution >= 0.6 is 0 Å². The van der Waals surface area contributed by atoms with Gasteiger partial charge in [-0.25, -0.2) is 0 Å². The van der Waals surface area contributed by atoms with Gasteiger partial charge in [-0.2, -0.15) is 0 Å². The number of allylic oxidation sites excluding steroid dienone is 1. The standard InChI is InChI=1S/C8H13NO/c1-7-8(3-5-9-2)4-6-10-7/h3,9H,1,4-6H2,2H3/b8-3+. The predicted molar refractivity (Wildman–Crippen MR) is 41.7 cm³/mol. The SMILES string of the molecule is C=C1OCC/C1=C\CNC. The highest BCUT2D eigenvalue weighted by Gasteiger charge is 2.10. The summed E-state index contributed by atoms with van der Waals surface area (Å²) in [4.78, 5) is 0. The van der Waals surface area contributed by atoms with Gasteiger partial charge < -0.3 is 10.1 Å². The van der Waals surface area contributed by atoms with Crippen molar-refractivity contribution in [3.63, 3.8) is 0 Å². The maximum absolute atomic E-state index is 5.17. The van der Waals surface area contributed by atoms with Crippen molar-refractivity contribution in [1.82, 2.24) is 5.32 Å². The van der Waals surface area contributed by atoms with E-state index in [1.807, 2.05) is 7.05 Å². The van der Waals surface area contributed by atoms with E-state index in [2.05, 4.69) is 18.0 Å². The number of ether oxygens (including phenoxy) is 1. The first-order chi connectivity index (χ1) is 4.84. The van der Waals surface area contributed by atoms with Gasteiger partial charge in [0, 0.05) is 13.0 Å². The lowest BCUT2D eigenvalue weighted by Gasteiger charge is -1.95. The van der Waals surface area contributed by atoms with E-state index >= 15 is 0 Å². The number of nitrogens with one attached hydrogen (secondary N) is 1. The van der Waals surface area contributed by atoms with Gasteiger partial charge in [0.05, 0.1) is 6.61 Å². The van der Waals surface area contributed by atoms with E-state index in [1.54, 1.807) is 0 Å². The molecular formula is C8H13NO. The number of rotatable bonds is 2. The monoisotopic (exact) mass is 139 g/mol. The number of likely N-dealkylation sites (N-methyl/N-ethyl adjacent to an activating group) is 1. The smallest absolute Gasteiger partial charge is 0.115 e. The van der Waals surface area contributed by atoms with E-state index in [1.165, 1.54) is 5.57 Å². The van der Waals surface area contributed by atoms with Crippen LogP contribution in [0, 0.1) is 0 Å². The Balaban J connectivity index is 2.46. The Bertz CT molecular complexity index is 161. The van der Waals surface area contributed by atoms with Crippen LogP contribution in [-0.4, -0.2) is 20.2 Å². The largest absolute Gasteiger partial charge is 0.494 e. The molecule has 0 amide bonds. The summed E-state index contributed by atoms with van der Waals surface area (Å²) in [7, 11) is 1.93. The number of hydrogen-bond donors (Lipinski definition) is 1. The molecule has 1 N–H and O–H groups in total. The molecule has 0 unspecified atom stereocenters. The first-order valence-electron chi connectivity index (χ1n) is 3.50. The lowest BCUT2D eigenvalue weighted by Crippen LogP contribution is -2.04. The minimum absolute atomic E-state index is 0.800. The van der Waals surface area contributed by atoms with E-state index in [0.717, 1.165) is 25.3 Å². The predicted octanol–water partition coefficient (Wildman–Crippen LogP) is 1.07. The molecular weight excluding hydrogens is 126 g/mol. The Morgan fingerprint density at radius 1 is 1.80 bits per heavy atom. The van der Waals surface area contributed by atoms with Gasteiger partial charge in [-0.3, -0.25) is 0 Å². The van der Waals surface area contributed by atoms with Crippen LogP contribution in [0.15, 0.2) is 24.0 Å². The molecule has 0 atom stereocenters. The van der Waals surface area contributed by atoms with Gasteiger partial charge in [-0.15, -0.1) is 0 Å². The maximum Gasteiger partial charge on any atom is 0.115 e. The molecule has 2 nitrogen and oxygen atoms in total. The molecule has 56 valence electrons. The van der Waals surface area contributed by atoms with E-state index in [4.69, 9.17) is 4.74 Å². The van der Waals surface area contributed by atoms with E-state index in [9.17, 15) is 0 Å². The highest BCUT2D eigenvalue weighted by atomic mass is 16.5. The second-order valence-electron chi connectivity index (χ2n) is 2.31. The summed E-state index contributed by atoms with van der Waals surface area (Å²) in [5.41, 5.74) is 1.24. The average Bonchev–Trinajstić information content (AvgIpc) is 2.31. The fourth-order valence-electron chi connectivity index (χ4n) is 0.957. The minimum atomic E-state index is 0.800. The van der Waals surface area contributed by atoms with E-state index < -0.39 is 0 Å². The average molecular weight is 139 g/mol. The second kappa shape index (κ2) is 3.42. The summed E-state index contributed by atoms with van der Waals surface area (Å²) < 4.78 is 5.17. The molecule has 1 fully saturated rings. The second-order valence-corrected chi connectivity index (χ2v) is 2.31. The van der Waals surface area contributed by atoms with Crippen molar-refractivity contribution in [3.8, 4) is 0 Å². The third kappa shape index (κ3) is 1.61. The molecule has 1 heterocycles. The summed E-state index contributed by atoms with van der Waals surface area (Å²) in [5.74, 6) is 0.843. The van der Waals surface area contributed by atoms with Gasteiger partial charge >= 0.3 is 0 Å². The lowest BCUT2D eigenvalue weighted by molar-refractivity contribution is 0.267. The van der Waals surface area contributed by atoms with E-state index in [-0.39, 0.29) is 0 Å². The molecule has 0 aromatic carbocycles. The van der Waals surface area contributed by atoms with Gasteiger partial charge in [-0.1, -0.05) is 12.7 Å². The molecule has 1 aliphatic rings. The summed E-state index contributed by atoms with van der Waals surface area (Å²) >= 11 is 0. The first kappa shape index (κ1) is 7.35. The molecule has 0 bridgehead atoms. The topological polar surface area (TPSA) is 21.3 Å². The molecule has 1 rings (SSSR count). The van der Waals surface area contributed by atoms with Crippen LogP contribution in [0.3, 0.4) is 0 Å². The third-order valence-corrected chi connectivity index (χ3v) is 1.56. The molecule has 1 aliphatic heterocycles. The molecule has 0 radical (unpaired) electrons. The molecule has 2 heteroatoms. The summed E-state index contributed by atoms with van der Waals surface area (Å²) in [6.45, 7) is 5.47. The zero-order valence-electron chi connectivity index (χ0n) is 6.31. The van der Waals surface area contributed by atoms with Crippen LogP contribution in [0.25, 0.3) is 0 Å². The summed E-state index contributed by atoms with van der Waals surface area (Å²) in [6.07, 6.45) is 3.13. The van der Waals surface area contributed by atoms with E-state index in [0.29, 0.717) is 0 Å². The Morgan fingerprint density at radius 3 is 3.10 bits per heavy atom. The van der Waals surface area contributed by atoms with Crippen LogP contribution in [-0.2, 0) is 4.74 Å². The zero-order valence-corrected chi connectivity index (χ0v) is 6.31. The Hall–Kier alpha value is -0.760. The van der Waals surface area contributed by atoms with Crippen LogP contribution in [0.5, 0.6) is 0 Å². The molecule has 0 saturated carbocycles. The maximum atomic E-state index is 5.17. The molecule has 10 heavy (non-hydrogen) atoms. The fraction of sp³-hybridized carbons (Fsp3) is 0.500. The van der Waals surface area contributed by atoms with Crippen molar-refractivity contribution in [2.75, 3.05) is 20.2 Å². The Labute approximate surface area is 61.6 Å². The van der Waals surface area contributed by atoms with Gasteiger partial charge in [0.15, 0.2) is 0 Å². The molecule has 0 aliphatic carbocycles.